The fourth-order valence-electron chi connectivity index (χ4n) is 4.99. The molecule has 0 fully saturated rings. The number of halogens is 4. The number of aromatic hydroxyl groups is 1. The average molecular weight is 482 g/mol. The summed E-state index contributed by atoms with van der Waals surface area (Å²) in [5.41, 5.74) is -3.39. The Labute approximate surface area is 192 Å². The van der Waals surface area contributed by atoms with E-state index >= 15 is 0 Å². The van der Waals surface area contributed by atoms with Crippen LogP contribution in [0.5, 0.6) is 5.75 Å². The van der Waals surface area contributed by atoms with E-state index in [0.29, 0.717) is 21.9 Å². The molecule has 0 radical (unpaired) electrons. The van der Waals surface area contributed by atoms with Gasteiger partial charge in [-0.1, -0.05) is 43.6 Å². The molecule has 3 aromatic rings. The topological polar surface area (TPSA) is 98.2 Å². The van der Waals surface area contributed by atoms with Crippen molar-refractivity contribution in [1.82, 2.24) is 15.5 Å². The summed E-state index contributed by atoms with van der Waals surface area (Å²) in [4.78, 5) is 12.0. The number of phenols is 1. The smallest absolute Gasteiger partial charge is 0.417 e. The van der Waals surface area contributed by atoms with Crippen LogP contribution in [-0.2, 0) is 12.0 Å². The first kappa shape index (κ1) is 23.5. The molecule has 2 aromatic carbocycles. The zero-order valence-electron chi connectivity index (χ0n) is 17.9. The van der Waals surface area contributed by atoms with E-state index in [4.69, 9.17) is 11.6 Å². The molecule has 4 rings (SSSR count). The van der Waals surface area contributed by atoms with E-state index in [-0.39, 0.29) is 35.0 Å². The molecule has 4 N–H and O–H groups in total. The number of alkyl halides is 3. The van der Waals surface area contributed by atoms with Crippen molar-refractivity contribution >= 4 is 22.4 Å². The normalized spacial score (nSPS) is 22.3. The van der Waals surface area contributed by atoms with Crippen LogP contribution < -0.4 is 10.9 Å². The summed E-state index contributed by atoms with van der Waals surface area (Å²) in [5, 5.41) is 31.7. The van der Waals surface area contributed by atoms with E-state index in [1.54, 1.807) is 32.0 Å². The lowest BCUT2D eigenvalue weighted by Crippen LogP contribution is -2.58. The second kappa shape index (κ2) is 8.00. The number of rotatable bonds is 4. The Morgan fingerprint density at radius 1 is 1.24 bits per heavy atom. The number of hydrogen-bond acceptors (Lipinski definition) is 5. The highest BCUT2D eigenvalue weighted by Crippen LogP contribution is 2.56. The van der Waals surface area contributed by atoms with Crippen LogP contribution in [0.3, 0.4) is 0 Å². The summed E-state index contributed by atoms with van der Waals surface area (Å²) < 4.78 is 42.5. The third-order valence-corrected chi connectivity index (χ3v) is 6.76. The van der Waals surface area contributed by atoms with E-state index in [2.05, 4.69) is 15.5 Å². The van der Waals surface area contributed by atoms with Crippen LogP contribution in [-0.4, -0.2) is 38.7 Å². The second-order valence-corrected chi connectivity index (χ2v) is 9.51. The summed E-state index contributed by atoms with van der Waals surface area (Å²) in [7, 11) is 0. The molecule has 33 heavy (non-hydrogen) atoms. The van der Waals surface area contributed by atoms with Gasteiger partial charge in [0, 0.05) is 30.0 Å². The Hall–Kier alpha value is -2.62. The molecule has 6 nitrogen and oxygen atoms in total. The lowest BCUT2D eigenvalue weighted by Gasteiger charge is -2.49. The van der Waals surface area contributed by atoms with Crippen molar-refractivity contribution in [2.24, 2.45) is 0 Å². The van der Waals surface area contributed by atoms with Crippen LogP contribution in [0.25, 0.3) is 10.8 Å². The summed E-state index contributed by atoms with van der Waals surface area (Å²) in [5.74, 6) is -1.66. The van der Waals surface area contributed by atoms with E-state index in [0.717, 1.165) is 0 Å². The van der Waals surface area contributed by atoms with Crippen molar-refractivity contribution in [2.45, 2.75) is 49.9 Å². The van der Waals surface area contributed by atoms with Gasteiger partial charge in [0.15, 0.2) is 5.60 Å². The first-order valence-electron chi connectivity index (χ1n) is 10.3. The molecule has 0 aliphatic heterocycles. The lowest BCUT2D eigenvalue weighted by atomic mass is 9.61. The summed E-state index contributed by atoms with van der Waals surface area (Å²) in [6, 6.07) is 7.83. The molecule has 1 aromatic heterocycles. The largest absolute Gasteiger partial charge is 0.506 e. The molecule has 10 heteroatoms. The zero-order chi connectivity index (χ0) is 24.2. The Morgan fingerprint density at radius 2 is 1.97 bits per heavy atom. The third kappa shape index (κ3) is 3.88. The van der Waals surface area contributed by atoms with Gasteiger partial charge < -0.3 is 15.5 Å². The van der Waals surface area contributed by atoms with Crippen molar-refractivity contribution in [2.75, 3.05) is 6.54 Å². The number of phenolic OH excluding ortho intramolecular Hbond substituents is 1. The maximum Gasteiger partial charge on any atom is 0.417 e. The van der Waals surface area contributed by atoms with Gasteiger partial charge >= 0.3 is 6.18 Å². The van der Waals surface area contributed by atoms with Gasteiger partial charge in [-0.25, -0.2) is 5.10 Å². The fraction of sp³-hybridized carbons (Fsp3) is 0.391. The Balaban J connectivity index is 1.72. The van der Waals surface area contributed by atoms with Gasteiger partial charge in [0.25, 0.3) is 5.56 Å². The van der Waals surface area contributed by atoms with E-state index < -0.39 is 29.5 Å². The predicted molar refractivity (Wildman–Crippen MR) is 119 cm³/mol. The van der Waals surface area contributed by atoms with Crippen LogP contribution in [0, 0.1) is 0 Å². The van der Waals surface area contributed by atoms with Crippen LogP contribution in [0.4, 0.5) is 13.2 Å². The van der Waals surface area contributed by atoms with Crippen molar-refractivity contribution in [3.8, 4) is 5.75 Å². The maximum absolute atomic E-state index is 14.2. The van der Waals surface area contributed by atoms with Crippen molar-refractivity contribution < 1.29 is 23.4 Å². The molecule has 0 amide bonds. The molecule has 0 spiro atoms. The number of nitrogens with one attached hydrogen (secondary N) is 2. The Morgan fingerprint density at radius 3 is 2.67 bits per heavy atom. The minimum atomic E-state index is -4.90. The predicted octanol–water partition coefficient (Wildman–Crippen LogP) is 4.13. The Kier molecular flexibility index (Phi) is 5.71. The molecule has 0 saturated carbocycles. The van der Waals surface area contributed by atoms with Gasteiger partial charge in [0.2, 0.25) is 0 Å². The highest BCUT2D eigenvalue weighted by Gasteiger charge is 2.63. The van der Waals surface area contributed by atoms with Gasteiger partial charge in [0.05, 0.1) is 16.6 Å². The van der Waals surface area contributed by atoms with Gasteiger partial charge in [0.1, 0.15) is 5.75 Å². The van der Waals surface area contributed by atoms with Crippen molar-refractivity contribution in [3.63, 3.8) is 0 Å². The highest BCUT2D eigenvalue weighted by atomic mass is 35.5. The number of hydrogen-bond donors (Lipinski definition) is 4. The van der Waals surface area contributed by atoms with E-state index in [1.807, 2.05) is 0 Å². The molecular weight excluding hydrogens is 459 g/mol. The number of H-pyrrole nitrogens is 1. The molecule has 1 aliphatic rings. The fourth-order valence-corrected chi connectivity index (χ4v) is 5.14. The first-order valence-corrected chi connectivity index (χ1v) is 10.7. The van der Waals surface area contributed by atoms with Crippen LogP contribution in [0.1, 0.15) is 42.9 Å². The second-order valence-electron chi connectivity index (χ2n) is 9.10. The van der Waals surface area contributed by atoms with Gasteiger partial charge in [-0.05, 0) is 35.1 Å². The van der Waals surface area contributed by atoms with Gasteiger partial charge in [-0.2, -0.15) is 18.3 Å². The van der Waals surface area contributed by atoms with Crippen molar-refractivity contribution in [3.05, 3.63) is 68.6 Å². The number of aromatic amines is 1. The molecule has 1 aliphatic carbocycles. The number of fused-ring (bicyclic) bond motifs is 2. The summed E-state index contributed by atoms with van der Waals surface area (Å²) >= 11 is 6.05. The standard InChI is InChI=1S/C23H23ClF3N3O3/c1-21(2)11-22(33,23(25,26)27)16(14-6-7-17(24)19(31)18(14)21)10-28-8-12-4-3-5-13-15(12)9-29-30-20(13)32/h3-7,9,16,28,31,33H,8,10-11H2,1-2H3,(H,30,32). The monoisotopic (exact) mass is 481 g/mol. The highest BCUT2D eigenvalue weighted by molar-refractivity contribution is 6.32. The quantitative estimate of drug-likeness (QED) is 0.449. The minimum Gasteiger partial charge on any atom is -0.506 e. The molecule has 2 atom stereocenters. The van der Waals surface area contributed by atoms with Gasteiger partial charge in [-0.15, -0.1) is 0 Å². The van der Waals surface area contributed by atoms with E-state index in [1.165, 1.54) is 18.3 Å². The average Bonchev–Trinajstić information content (AvgIpc) is 2.72. The van der Waals surface area contributed by atoms with E-state index in [9.17, 15) is 28.2 Å². The number of aliphatic hydroxyl groups is 1. The lowest BCUT2D eigenvalue weighted by molar-refractivity contribution is -0.278. The summed E-state index contributed by atoms with van der Waals surface area (Å²) in [6.07, 6.45) is -4.05. The molecule has 0 saturated heterocycles. The van der Waals surface area contributed by atoms with Crippen LogP contribution >= 0.6 is 11.6 Å². The number of aromatic nitrogens is 2. The number of benzene rings is 2. The first-order chi connectivity index (χ1) is 15.4. The summed E-state index contributed by atoms with van der Waals surface area (Å²) in [6.45, 7) is 3.00. The molecule has 176 valence electrons. The molecule has 2 unspecified atom stereocenters. The molecule has 1 heterocycles. The van der Waals surface area contributed by atoms with Crippen molar-refractivity contribution in [1.29, 1.82) is 0 Å². The Bertz CT molecular complexity index is 1280. The van der Waals surface area contributed by atoms with Crippen LogP contribution in [0.15, 0.2) is 41.3 Å². The zero-order valence-corrected chi connectivity index (χ0v) is 18.7. The number of nitrogens with zero attached hydrogens (tertiary/aromatic N) is 1. The SMILES string of the molecule is CC1(C)CC(O)(C(F)(F)F)C(CNCc2cccc3c(=O)[nH]ncc23)c2ccc(Cl)c(O)c21. The molecular formula is C23H23ClF3N3O3. The third-order valence-electron chi connectivity index (χ3n) is 6.46. The maximum atomic E-state index is 14.2. The van der Waals surface area contributed by atoms with Crippen LogP contribution in [0.2, 0.25) is 5.02 Å². The minimum absolute atomic E-state index is 0.0412. The van der Waals surface area contributed by atoms with Gasteiger partial charge in [-0.3, -0.25) is 4.79 Å². The molecule has 0 bridgehead atoms.